The van der Waals surface area contributed by atoms with Crippen LogP contribution in [0.4, 0.5) is 0 Å². The topological polar surface area (TPSA) is 21.3 Å². The van der Waals surface area contributed by atoms with E-state index in [-0.39, 0.29) is 12.1 Å². The van der Waals surface area contributed by atoms with Crippen molar-refractivity contribution in [1.29, 1.82) is 0 Å². The number of rotatable bonds is 6. The van der Waals surface area contributed by atoms with E-state index in [0.717, 1.165) is 29.2 Å². The Bertz CT molecular complexity index is 350. The first-order chi connectivity index (χ1) is 8.12. The third kappa shape index (κ3) is 3.90. The SMILES string of the molecule is CCC(CC)Oc1ccc(Cl)cc1C(C)NC. The Labute approximate surface area is 109 Å². The Hall–Kier alpha value is -0.730. The van der Waals surface area contributed by atoms with Crippen LogP contribution in [-0.4, -0.2) is 13.2 Å². The summed E-state index contributed by atoms with van der Waals surface area (Å²) in [7, 11) is 1.94. The van der Waals surface area contributed by atoms with Crippen LogP contribution >= 0.6 is 11.6 Å². The second-order valence-electron chi connectivity index (χ2n) is 4.25. The Morgan fingerprint density at radius 2 is 1.94 bits per heavy atom. The maximum Gasteiger partial charge on any atom is 0.124 e. The molecule has 0 aliphatic rings. The Morgan fingerprint density at radius 1 is 1.29 bits per heavy atom. The average molecular weight is 256 g/mol. The average Bonchev–Trinajstić information content (AvgIpc) is 2.36. The van der Waals surface area contributed by atoms with Crippen molar-refractivity contribution >= 4 is 11.6 Å². The summed E-state index contributed by atoms with van der Waals surface area (Å²) in [6.07, 6.45) is 2.32. The van der Waals surface area contributed by atoms with E-state index in [2.05, 4.69) is 26.1 Å². The molecule has 1 rings (SSSR count). The third-order valence-electron chi connectivity index (χ3n) is 3.08. The molecule has 0 radical (unpaired) electrons. The summed E-state index contributed by atoms with van der Waals surface area (Å²) in [6, 6.07) is 6.05. The summed E-state index contributed by atoms with van der Waals surface area (Å²) in [5.74, 6) is 0.935. The minimum atomic E-state index is 0.234. The normalized spacial score (nSPS) is 12.8. The predicted octanol–water partition coefficient (Wildman–Crippen LogP) is 4.19. The van der Waals surface area contributed by atoms with Crippen LogP contribution in [0.25, 0.3) is 0 Å². The van der Waals surface area contributed by atoms with Gasteiger partial charge in [-0.1, -0.05) is 25.4 Å². The maximum atomic E-state index is 6.04. The molecule has 17 heavy (non-hydrogen) atoms. The molecule has 0 heterocycles. The van der Waals surface area contributed by atoms with Crippen LogP contribution < -0.4 is 10.1 Å². The monoisotopic (exact) mass is 255 g/mol. The molecule has 1 aromatic rings. The van der Waals surface area contributed by atoms with Gasteiger partial charge in [-0.2, -0.15) is 0 Å². The first-order valence-corrected chi connectivity index (χ1v) is 6.63. The van der Waals surface area contributed by atoms with Crippen LogP contribution in [0.1, 0.15) is 45.2 Å². The van der Waals surface area contributed by atoms with Gasteiger partial charge >= 0.3 is 0 Å². The number of hydrogen-bond donors (Lipinski definition) is 1. The van der Waals surface area contributed by atoms with E-state index in [0.29, 0.717) is 0 Å². The highest BCUT2D eigenvalue weighted by molar-refractivity contribution is 6.30. The second kappa shape index (κ2) is 6.87. The van der Waals surface area contributed by atoms with Gasteiger partial charge < -0.3 is 10.1 Å². The molecular weight excluding hydrogens is 234 g/mol. The fraction of sp³-hybridized carbons (Fsp3) is 0.571. The van der Waals surface area contributed by atoms with E-state index in [1.54, 1.807) is 0 Å². The van der Waals surface area contributed by atoms with Crippen LogP contribution in [0.3, 0.4) is 0 Å². The van der Waals surface area contributed by atoms with Crippen molar-refractivity contribution in [2.24, 2.45) is 0 Å². The molecule has 0 amide bonds. The smallest absolute Gasteiger partial charge is 0.124 e. The largest absolute Gasteiger partial charge is 0.490 e. The molecule has 0 spiro atoms. The van der Waals surface area contributed by atoms with Crippen LogP contribution in [0, 0.1) is 0 Å². The Kier molecular flexibility index (Phi) is 5.79. The summed E-state index contributed by atoms with van der Waals surface area (Å²) in [5.41, 5.74) is 1.12. The number of halogens is 1. The van der Waals surface area contributed by atoms with Gasteiger partial charge in [0.15, 0.2) is 0 Å². The van der Waals surface area contributed by atoms with E-state index in [1.807, 2.05) is 25.2 Å². The lowest BCUT2D eigenvalue weighted by Gasteiger charge is -2.21. The maximum absolute atomic E-state index is 6.04. The van der Waals surface area contributed by atoms with Gasteiger partial charge in [0.2, 0.25) is 0 Å². The minimum absolute atomic E-state index is 0.234. The van der Waals surface area contributed by atoms with Crippen LogP contribution in [-0.2, 0) is 0 Å². The molecule has 2 nitrogen and oxygen atoms in total. The lowest BCUT2D eigenvalue weighted by molar-refractivity contribution is 0.190. The number of ether oxygens (including phenoxy) is 1. The molecule has 0 aromatic heterocycles. The number of nitrogens with one attached hydrogen (secondary N) is 1. The highest BCUT2D eigenvalue weighted by atomic mass is 35.5. The molecular formula is C14H22ClNO. The van der Waals surface area contributed by atoms with Gasteiger partial charge in [-0.25, -0.2) is 0 Å². The standard InChI is InChI=1S/C14H22ClNO/c1-5-12(6-2)17-14-8-7-11(15)9-13(14)10(3)16-4/h7-10,12,16H,5-6H2,1-4H3. The molecule has 0 saturated carbocycles. The highest BCUT2D eigenvalue weighted by Crippen LogP contribution is 2.29. The lowest BCUT2D eigenvalue weighted by Crippen LogP contribution is -2.18. The molecule has 0 aliphatic carbocycles. The molecule has 3 heteroatoms. The van der Waals surface area contributed by atoms with E-state index in [4.69, 9.17) is 16.3 Å². The minimum Gasteiger partial charge on any atom is -0.490 e. The van der Waals surface area contributed by atoms with E-state index >= 15 is 0 Å². The van der Waals surface area contributed by atoms with Crippen LogP contribution in [0.5, 0.6) is 5.75 Å². The van der Waals surface area contributed by atoms with Crippen molar-refractivity contribution < 1.29 is 4.74 Å². The molecule has 1 N–H and O–H groups in total. The van der Waals surface area contributed by atoms with Gasteiger partial charge in [-0.05, 0) is 45.0 Å². The van der Waals surface area contributed by atoms with Gasteiger partial charge in [0, 0.05) is 16.6 Å². The van der Waals surface area contributed by atoms with Gasteiger partial charge in [0.05, 0.1) is 6.10 Å². The zero-order valence-corrected chi connectivity index (χ0v) is 11.8. The van der Waals surface area contributed by atoms with Crippen molar-refractivity contribution in [2.45, 2.75) is 45.8 Å². The first kappa shape index (κ1) is 14.3. The van der Waals surface area contributed by atoms with Gasteiger partial charge in [0.25, 0.3) is 0 Å². The summed E-state index contributed by atoms with van der Waals surface area (Å²) >= 11 is 6.04. The summed E-state index contributed by atoms with van der Waals surface area (Å²) in [6.45, 7) is 6.39. The van der Waals surface area contributed by atoms with Crippen molar-refractivity contribution in [1.82, 2.24) is 5.32 Å². The summed E-state index contributed by atoms with van der Waals surface area (Å²) in [5, 5.41) is 3.97. The van der Waals surface area contributed by atoms with E-state index < -0.39 is 0 Å². The van der Waals surface area contributed by atoms with Crippen LogP contribution in [0.15, 0.2) is 18.2 Å². The fourth-order valence-corrected chi connectivity index (χ4v) is 1.94. The first-order valence-electron chi connectivity index (χ1n) is 6.25. The molecule has 0 bridgehead atoms. The van der Waals surface area contributed by atoms with Crippen molar-refractivity contribution in [3.63, 3.8) is 0 Å². The van der Waals surface area contributed by atoms with Crippen LogP contribution in [0.2, 0.25) is 5.02 Å². The predicted molar refractivity (Wildman–Crippen MR) is 73.9 cm³/mol. The van der Waals surface area contributed by atoms with Gasteiger partial charge in [-0.15, -0.1) is 0 Å². The Morgan fingerprint density at radius 3 is 2.47 bits per heavy atom. The molecule has 0 fully saturated rings. The number of benzene rings is 1. The van der Waals surface area contributed by atoms with Crippen molar-refractivity contribution in [2.75, 3.05) is 7.05 Å². The van der Waals surface area contributed by atoms with Crippen molar-refractivity contribution in [3.05, 3.63) is 28.8 Å². The molecule has 96 valence electrons. The van der Waals surface area contributed by atoms with E-state index in [1.165, 1.54) is 0 Å². The fourth-order valence-electron chi connectivity index (χ4n) is 1.76. The third-order valence-corrected chi connectivity index (χ3v) is 3.31. The zero-order valence-electron chi connectivity index (χ0n) is 11.1. The van der Waals surface area contributed by atoms with Crippen molar-refractivity contribution in [3.8, 4) is 5.75 Å². The molecule has 1 aromatic carbocycles. The lowest BCUT2D eigenvalue weighted by atomic mass is 10.1. The molecule has 0 saturated heterocycles. The van der Waals surface area contributed by atoms with E-state index in [9.17, 15) is 0 Å². The quantitative estimate of drug-likeness (QED) is 0.823. The van der Waals surface area contributed by atoms with Gasteiger partial charge in [0.1, 0.15) is 5.75 Å². The zero-order chi connectivity index (χ0) is 12.8. The van der Waals surface area contributed by atoms with Gasteiger partial charge in [-0.3, -0.25) is 0 Å². The molecule has 1 atom stereocenters. The highest BCUT2D eigenvalue weighted by Gasteiger charge is 2.13. The Balaban J connectivity index is 2.97. The summed E-state index contributed by atoms with van der Waals surface area (Å²) in [4.78, 5) is 0. The summed E-state index contributed by atoms with van der Waals surface area (Å²) < 4.78 is 6.02. The molecule has 1 unspecified atom stereocenters. The molecule has 0 aliphatic heterocycles. The number of hydrogen-bond acceptors (Lipinski definition) is 2. The second-order valence-corrected chi connectivity index (χ2v) is 4.69.